The molecule has 220 valence electrons. The second-order valence-electron chi connectivity index (χ2n) is 14.1. The number of hydrogen-bond donors (Lipinski definition) is 2. The number of allylic oxidation sites excluding steroid dienone is 1. The van der Waals surface area contributed by atoms with Gasteiger partial charge in [-0.15, -0.1) is 0 Å². The van der Waals surface area contributed by atoms with Gasteiger partial charge in [-0.1, -0.05) is 85.9 Å². The van der Waals surface area contributed by atoms with Gasteiger partial charge in [0.1, 0.15) is 0 Å². The number of ether oxygens (including phenoxy) is 2. The summed E-state index contributed by atoms with van der Waals surface area (Å²) in [4.78, 5) is 14.4. The van der Waals surface area contributed by atoms with E-state index in [4.69, 9.17) is 9.47 Å². The predicted molar refractivity (Wildman–Crippen MR) is 163 cm³/mol. The van der Waals surface area contributed by atoms with Crippen molar-refractivity contribution in [3.63, 3.8) is 0 Å². The van der Waals surface area contributed by atoms with Gasteiger partial charge in [0.25, 0.3) is 0 Å². The normalized spacial score (nSPS) is 15.6. The van der Waals surface area contributed by atoms with Gasteiger partial charge in [0.15, 0.2) is 0 Å². The average Bonchev–Trinajstić information content (AvgIpc) is 2.75. The van der Waals surface area contributed by atoms with E-state index >= 15 is 0 Å². The van der Waals surface area contributed by atoms with Gasteiger partial charge in [0.2, 0.25) is 5.91 Å². The van der Waals surface area contributed by atoms with Crippen molar-refractivity contribution in [1.82, 2.24) is 4.90 Å². The molecule has 0 heterocycles. The monoisotopic (exact) mass is 559 g/mol. The minimum absolute atomic E-state index is 0.120. The third-order valence-corrected chi connectivity index (χ3v) is 20.1. The summed E-state index contributed by atoms with van der Waals surface area (Å²) < 4.78 is 11.5. The molecule has 0 bridgehead atoms. The van der Waals surface area contributed by atoms with Crippen molar-refractivity contribution in [1.29, 1.82) is 0 Å². The molecule has 37 heavy (non-hydrogen) atoms. The molecule has 0 fully saturated rings. The molecular formula is C29H61NO5Si2. The fourth-order valence-electron chi connectivity index (χ4n) is 3.65. The number of aliphatic hydroxyl groups excluding tert-OH is 2. The predicted octanol–water partition coefficient (Wildman–Crippen LogP) is 6.33. The number of hydrogen-bond acceptors (Lipinski definition) is 5. The van der Waals surface area contributed by atoms with Crippen LogP contribution in [0.4, 0.5) is 0 Å². The van der Waals surface area contributed by atoms with E-state index in [0.717, 1.165) is 12.8 Å². The molecule has 0 radical (unpaired) electrons. The lowest BCUT2D eigenvalue weighted by Gasteiger charge is -2.37. The van der Waals surface area contributed by atoms with Crippen LogP contribution in [-0.4, -0.2) is 88.9 Å². The van der Waals surface area contributed by atoms with Crippen LogP contribution in [0.3, 0.4) is 0 Å². The molecule has 0 aliphatic rings. The second-order valence-corrected chi connectivity index (χ2v) is 25.6. The van der Waals surface area contributed by atoms with Crippen molar-refractivity contribution >= 4 is 22.1 Å². The molecule has 0 saturated carbocycles. The Morgan fingerprint density at radius 2 is 1.16 bits per heavy atom. The highest BCUT2D eigenvalue weighted by Crippen LogP contribution is 2.40. The minimum atomic E-state index is -1.33. The molecule has 8 heteroatoms. The van der Waals surface area contributed by atoms with Crippen LogP contribution in [0.2, 0.25) is 48.4 Å². The van der Waals surface area contributed by atoms with E-state index in [9.17, 15) is 15.0 Å². The largest absolute Gasteiger partial charge is 0.389 e. The van der Waals surface area contributed by atoms with E-state index in [2.05, 4.69) is 67.7 Å². The van der Waals surface area contributed by atoms with E-state index < -0.39 is 28.4 Å². The van der Waals surface area contributed by atoms with Crippen molar-refractivity contribution in [2.24, 2.45) is 0 Å². The first kappa shape index (κ1) is 36.5. The van der Waals surface area contributed by atoms with Gasteiger partial charge < -0.3 is 24.6 Å². The Morgan fingerprint density at radius 3 is 1.46 bits per heavy atom. The van der Waals surface area contributed by atoms with Gasteiger partial charge in [0.05, 0.1) is 41.6 Å². The summed E-state index contributed by atoms with van der Waals surface area (Å²) in [5, 5.41) is 21.9. The first-order chi connectivity index (χ1) is 16.7. The lowest BCUT2D eigenvalue weighted by atomic mass is 10.2. The lowest BCUT2D eigenvalue weighted by Crippen LogP contribution is -2.44. The number of rotatable bonds is 17. The van der Waals surface area contributed by atoms with Crippen molar-refractivity contribution in [2.75, 3.05) is 39.5 Å². The van der Waals surface area contributed by atoms with Gasteiger partial charge in [-0.3, -0.25) is 4.79 Å². The van der Waals surface area contributed by atoms with Crippen molar-refractivity contribution in [3.8, 4) is 0 Å². The van der Waals surface area contributed by atoms with Gasteiger partial charge >= 0.3 is 0 Å². The Kier molecular flexibility index (Phi) is 15.7. The molecule has 2 atom stereocenters. The molecule has 0 aromatic carbocycles. The maximum Gasteiger partial charge on any atom is 0.249 e. The third-order valence-electron chi connectivity index (χ3n) is 8.78. The van der Waals surface area contributed by atoms with Gasteiger partial charge in [-0.2, -0.15) is 0 Å². The van der Waals surface area contributed by atoms with Crippen LogP contribution in [0.1, 0.15) is 68.2 Å². The molecule has 2 unspecified atom stereocenters. The molecule has 0 aromatic heterocycles. The van der Waals surface area contributed by atoms with E-state index in [-0.39, 0.29) is 32.2 Å². The molecular weight excluding hydrogens is 498 g/mol. The molecule has 1 amide bonds. The molecule has 0 aliphatic heterocycles. The SMILES string of the molecule is CC=C(C)C(=O)N(CC(O)COCCC[Si](C)(C)C(C)(C)C)CC(O)COCCC[Si](C)(C)C(C)(C)C. The molecule has 0 aliphatic carbocycles. The van der Waals surface area contributed by atoms with Crippen LogP contribution in [-0.2, 0) is 14.3 Å². The fourth-order valence-corrected chi connectivity index (χ4v) is 7.20. The number of nitrogens with zero attached hydrogens (tertiary/aromatic N) is 1. The highest BCUT2D eigenvalue weighted by atomic mass is 28.3. The standard InChI is InChI=1S/C29H61NO5Si2/c1-13-24(2)27(33)30(20-25(31)22-34-16-14-18-36(9,10)28(3,4)5)21-26(32)23-35-17-15-19-37(11,12)29(6,7)8/h13,25-26,31-32H,14-23H2,1-12H3. The van der Waals surface area contributed by atoms with Crippen LogP contribution >= 0.6 is 0 Å². The summed E-state index contributed by atoms with van der Waals surface area (Å²) in [6, 6.07) is 2.36. The molecule has 0 rings (SSSR count). The quantitative estimate of drug-likeness (QED) is 0.124. The van der Waals surface area contributed by atoms with E-state index in [1.807, 2.05) is 6.92 Å². The zero-order valence-electron chi connectivity index (χ0n) is 26.4. The van der Waals surface area contributed by atoms with Crippen molar-refractivity contribution in [3.05, 3.63) is 11.6 Å². The first-order valence-corrected chi connectivity index (χ1v) is 20.6. The molecule has 6 nitrogen and oxygen atoms in total. The lowest BCUT2D eigenvalue weighted by molar-refractivity contribution is -0.131. The highest BCUT2D eigenvalue weighted by Gasteiger charge is 2.35. The summed E-state index contributed by atoms with van der Waals surface area (Å²) in [7, 11) is -2.66. The number of carbonyl (C=O) groups excluding carboxylic acids is 1. The molecule has 2 N–H and O–H groups in total. The van der Waals surface area contributed by atoms with E-state index in [0.29, 0.717) is 28.9 Å². The van der Waals surface area contributed by atoms with Crippen LogP contribution in [0.5, 0.6) is 0 Å². The topological polar surface area (TPSA) is 79.2 Å². The third kappa shape index (κ3) is 13.9. The molecule has 0 spiro atoms. The van der Waals surface area contributed by atoms with Crippen molar-refractivity contribution < 1.29 is 24.5 Å². The highest BCUT2D eigenvalue weighted by molar-refractivity contribution is 6.80. The van der Waals surface area contributed by atoms with Crippen LogP contribution in [0.25, 0.3) is 0 Å². The number of aliphatic hydroxyl groups is 2. The van der Waals surface area contributed by atoms with Gasteiger partial charge in [0, 0.05) is 31.9 Å². The van der Waals surface area contributed by atoms with E-state index in [1.165, 1.54) is 17.0 Å². The zero-order valence-corrected chi connectivity index (χ0v) is 28.4. The Labute approximate surface area is 231 Å². The summed E-state index contributed by atoms with van der Waals surface area (Å²) in [6.07, 6.45) is 2.10. The fraction of sp³-hybridized carbons (Fsp3) is 0.897. The van der Waals surface area contributed by atoms with E-state index in [1.54, 1.807) is 13.0 Å². The smallest absolute Gasteiger partial charge is 0.249 e. The maximum absolute atomic E-state index is 12.9. The summed E-state index contributed by atoms with van der Waals surface area (Å²) in [5.41, 5.74) is 0.588. The number of carbonyl (C=O) groups is 1. The average molecular weight is 560 g/mol. The summed E-state index contributed by atoms with van der Waals surface area (Å²) in [5.74, 6) is -0.184. The molecule has 0 saturated heterocycles. The van der Waals surface area contributed by atoms with Crippen LogP contribution in [0, 0.1) is 0 Å². The zero-order chi connectivity index (χ0) is 29.1. The van der Waals surface area contributed by atoms with Gasteiger partial charge in [-0.25, -0.2) is 0 Å². The van der Waals surface area contributed by atoms with Crippen LogP contribution in [0.15, 0.2) is 11.6 Å². The Balaban J connectivity index is 4.65. The first-order valence-electron chi connectivity index (χ1n) is 14.2. The van der Waals surface area contributed by atoms with Gasteiger partial charge in [-0.05, 0) is 36.8 Å². The Bertz CT molecular complexity index is 651. The summed E-state index contributed by atoms with van der Waals surface area (Å²) in [6.45, 7) is 28.9. The maximum atomic E-state index is 12.9. The minimum Gasteiger partial charge on any atom is -0.389 e. The van der Waals surface area contributed by atoms with Crippen LogP contribution < -0.4 is 0 Å². The van der Waals surface area contributed by atoms with Crippen molar-refractivity contribution in [2.45, 2.75) is 129 Å². The second kappa shape index (κ2) is 15.9. The Morgan fingerprint density at radius 1 is 0.811 bits per heavy atom. The summed E-state index contributed by atoms with van der Waals surface area (Å²) >= 11 is 0. The number of amides is 1. The molecule has 0 aromatic rings. The Hall–Kier alpha value is -0.516.